The van der Waals surface area contributed by atoms with Gasteiger partial charge in [-0.3, -0.25) is 9.48 Å². The molecule has 2 aliphatic rings. The van der Waals surface area contributed by atoms with E-state index in [9.17, 15) is 13.6 Å². The third kappa shape index (κ3) is 2.70. The van der Waals surface area contributed by atoms with Gasteiger partial charge >= 0.3 is 0 Å². The number of nitrogens with zero attached hydrogens (tertiary/aromatic N) is 3. The lowest BCUT2D eigenvalue weighted by atomic mass is 9.87. The van der Waals surface area contributed by atoms with E-state index in [4.69, 9.17) is 0 Å². The Morgan fingerprint density at radius 1 is 1.31 bits per heavy atom. The Labute approximate surface area is 151 Å². The number of rotatable bonds is 3. The number of aromatic nitrogens is 2. The molecule has 1 N–H and O–H groups in total. The van der Waals surface area contributed by atoms with Gasteiger partial charge in [-0.2, -0.15) is 5.10 Å². The summed E-state index contributed by atoms with van der Waals surface area (Å²) in [6.07, 6.45) is -2.68. The van der Waals surface area contributed by atoms with Crippen molar-refractivity contribution >= 4 is 5.91 Å². The maximum Gasteiger partial charge on any atom is 0.282 e. The van der Waals surface area contributed by atoms with Crippen LogP contribution in [0, 0.1) is 18.8 Å². The quantitative estimate of drug-likeness (QED) is 0.916. The molecule has 0 saturated carbocycles. The number of carbonyl (C=O) groups excluding carboxylic acids is 1. The van der Waals surface area contributed by atoms with Crippen LogP contribution in [0.3, 0.4) is 0 Å². The van der Waals surface area contributed by atoms with Crippen molar-refractivity contribution < 1.29 is 13.6 Å². The van der Waals surface area contributed by atoms with E-state index >= 15 is 0 Å². The summed E-state index contributed by atoms with van der Waals surface area (Å²) in [5.41, 5.74) is 2.13. The van der Waals surface area contributed by atoms with Gasteiger partial charge in [0.25, 0.3) is 12.3 Å². The van der Waals surface area contributed by atoms with Crippen molar-refractivity contribution in [2.45, 2.75) is 19.4 Å². The Balaban J connectivity index is 1.72. The van der Waals surface area contributed by atoms with Crippen LogP contribution in [0.2, 0.25) is 0 Å². The van der Waals surface area contributed by atoms with Gasteiger partial charge in [0.2, 0.25) is 0 Å². The highest BCUT2D eigenvalue weighted by Crippen LogP contribution is 2.44. The number of likely N-dealkylation sites (tertiary alicyclic amines) is 1. The van der Waals surface area contributed by atoms with Gasteiger partial charge in [-0.25, -0.2) is 8.78 Å². The van der Waals surface area contributed by atoms with Crippen LogP contribution in [0.5, 0.6) is 0 Å². The molecule has 0 unspecified atom stereocenters. The zero-order chi connectivity index (χ0) is 18.4. The van der Waals surface area contributed by atoms with Crippen LogP contribution in [-0.2, 0) is 7.05 Å². The molecule has 0 bridgehead atoms. The highest BCUT2D eigenvalue weighted by atomic mass is 19.3. The number of hydrogen-bond donors (Lipinski definition) is 1. The first kappa shape index (κ1) is 17.1. The summed E-state index contributed by atoms with van der Waals surface area (Å²) in [6.45, 7) is 4.42. The Bertz CT molecular complexity index is 835. The molecule has 138 valence electrons. The van der Waals surface area contributed by atoms with Gasteiger partial charge in [-0.05, 0) is 30.0 Å². The first-order valence-electron chi connectivity index (χ1n) is 8.86. The normalized spacial score (nSPS) is 25.1. The topological polar surface area (TPSA) is 50.2 Å². The summed E-state index contributed by atoms with van der Waals surface area (Å²) >= 11 is 0. The Hall–Kier alpha value is -2.28. The van der Waals surface area contributed by atoms with Gasteiger partial charge < -0.3 is 10.2 Å². The molecule has 2 fully saturated rings. The molecule has 0 radical (unpaired) electrons. The van der Waals surface area contributed by atoms with Crippen molar-refractivity contribution in [2.24, 2.45) is 18.9 Å². The van der Waals surface area contributed by atoms with Crippen molar-refractivity contribution in [3.8, 4) is 0 Å². The lowest BCUT2D eigenvalue weighted by Gasteiger charge is -2.29. The maximum atomic E-state index is 13.2. The fourth-order valence-electron chi connectivity index (χ4n) is 4.39. The second-order valence-corrected chi connectivity index (χ2v) is 7.22. The number of hydrogen-bond acceptors (Lipinski definition) is 3. The van der Waals surface area contributed by atoms with E-state index in [1.54, 1.807) is 7.05 Å². The summed E-state index contributed by atoms with van der Waals surface area (Å²) < 4.78 is 27.2. The molecule has 3 atom stereocenters. The Morgan fingerprint density at radius 3 is 2.77 bits per heavy atom. The molecular formula is C19H22F2N4O. The van der Waals surface area contributed by atoms with Crippen LogP contribution in [0.15, 0.2) is 30.3 Å². The van der Waals surface area contributed by atoms with Crippen LogP contribution >= 0.6 is 0 Å². The standard InChI is InChI=1S/C19H22F2N4O/c1-11-5-3-4-6-13(11)17-14-9-22-8-12(14)10-25(17)19(26)16-7-15(18(20)21)23-24(16)2/h3-7,12,14,17-18,22H,8-10H2,1-2H3/t12-,14-,17+/m0/s1. The zero-order valence-electron chi connectivity index (χ0n) is 14.8. The highest BCUT2D eigenvalue weighted by molar-refractivity contribution is 5.93. The molecule has 2 saturated heterocycles. The number of amides is 1. The van der Waals surface area contributed by atoms with E-state index in [1.807, 2.05) is 30.0 Å². The summed E-state index contributed by atoms with van der Waals surface area (Å²) in [6, 6.07) is 9.25. The fraction of sp³-hybridized carbons (Fsp3) is 0.474. The lowest BCUT2D eigenvalue weighted by molar-refractivity contribution is 0.0702. The molecule has 1 amide bonds. The maximum absolute atomic E-state index is 13.2. The number of alkyl halides is 2. The summed E-state index contributed by atoms with van der Waals surface area (Å²) in [7, 11) is 1.54. The second-order valence-electron chi connectivity index (χ2n) is 7.22. The third-order valence-corrected chi connectivity index (χ3v) is 5.67. The third-order valence-electron chi connectivity index (χ3n) is 5.67. The van der Waals surface area contributed by atoms with Crippen LogP contribution in [0.1, 0.15) is 39.8 Å². The Kier molecular flexibility index (Phi) is 4.26. The first-order valence-corrected chi connectivity index (χ1v) is 8.86. The van der Waals surface area contributed by atoms with Crippen LogP contribution in [-0.4, -0.2) is 40.2 Å². The van der Waals surface area contributed by atoms with Gasteiger partial charge in [-0.15, -0.1) is 0 Å². The predicted molar refractivity (Wildman–Crippen MR) is 93.0 cm³/mol. The van der Waals surface area contributed by atoms with E-state index in [-0.39, 0.29) is 23.3 Å². The zero-order valence-corrected chi connectivity index (χ0v) is 14.8. The first-order chi connectivity index (χ1) is 12.5. The molecule has 5 nitrogen and oxygen atoms in total. The van der Waals surface area contributed by atoms with Crippen molar-refractivity contribution in [3.05, 3.63) is 52.8 Å². The molecule has 2 aliphatic heterocycles. The SMILES string of the molecule is Cc1ccccc1[C@@H]1[C@H]2CNC[C@H]2CN1C(=O)c1cc(C(F)F)nn1C. The van der Waals surface area contributed by atoms with Crippen LogP contribution in [0.4, 0.5) is 8.78 Å². The van der Waals surface area contributed by atoms with Crippen LogP contribution in [0.25, 0.3) is 0 Å². The molecule has 1 aromatic heterocycles. The largest absolute Gasteiger partial charge is 0.330 e. The molecule has 0 spiro atoms. The number of aryl methyl sites for hydroxylation is 2. The monoisotopic (exact) mass is 360 g/mol. The number of benzene rings is 1. The van der Waals surface area contributed by atoms with Gasteiger partial charge in [-0.1, -0.05) is 24.3 Å². The minimum absolute atomic E-state index is 0.0476. The minimum Gasteiger partial charge on any atom is -0.330 e. The molecule has 1 aromatic carbocycles. The molecule has 2 aromatic rings. The van der Waals surface area contributed by atoms with E-state index in [0.29, 0.717) is 18.4 Å². The van der Waals surface area contributed by atoms with Crippen molar-refractivity contribution in [2.75, 3.05) is 19.6 Å². The summed E-state index contributed by atoms with van der Waals surface area (Å²) in [4.78, 5) is 15.1. The predicted octanol–water partition coefficient (Wildman–Crippen LogP) is 2.70. The van der Waals surface area contributed by atoms with Crippen molar-refractivity contribution in [3.63, 3.8) is 0 Å². The number of carbonyl (C=O) groups is 1. The van der Waals surface area contributed by atoms with Gasteiger partial charge in [0.1, 0.15) is 11.4 Å². The van der Waals surface area contributed by atoms with Gasteiger partial charge in [0.15, 0.2) is 0 Å². The van der Waals surface area contributed by atoms with Gasteiger partial charge in [0, 0.05) is 32.6 Å². The minimum atomic E-state index is -2.68. The number of nitrogens with one attached hydrogen (secondary N) is 1. The average molecular weight is 360 g/mol. The smallest absolute Gasteiger partial charge is 0.282 e. The Morgan fingerprint density at radius 2 is 2.08 bits per heavy atom. The summed E-state index contributed by atoms with van der Waals surface area (Å²) in [5, 5.41) is 7.22. The van der Waals surface area contributed by atoms with Crippen molar-refractivity contribution in [1.29, 1.82) is 0 Å². The molecule has 0 aliphatic carbocycles. The van der Waals surface area contributed by atoms with Gasteiger partial charge in [0.05, 0.1) is 6.04 Å². The fourth-order valence-corrected chi connectivity index (χ4v) is 4.39. The van der Waals surface area contributed by atoms with Crippen LogP contribution < -0.4 is 5.32 Å². The van der Waals surface area contributed by atoms with E-state index < -0.39 is 6.43 Å². The van der Waals surface area contributed by atoms with Crippen molar-refractivity contribution in [1.82, 2.24) is 20.0 Å². The highest BCUT2D eigenvalue weighted by Gasteiger charge is 2.47. The second kappa shape index (κ2) is 6.46. The average Bonchev–Trinajstić information content (AvgIpc) is 3.28. The number of halogens is 2. The van der Waals surface area contributed by atoms with E-state index in [1.165, 1.54) is 10.7 Å². The molecule has 7 heteroatoms. The molecule has 26 heavy (non-hydrogen) atoms. The summed E-state index contributed by atoms with van der Waals surface area (Å²) in [5.74, 6) is 0.490. The van der Waals surface area contributed by atoms with E-state index in [2.05, 4.69) is 16.5 Å². The van der Waals surface area contributed by atoms with E-state index in [0.717, 1.165) is 24.2 Å². The molecule has 3 heterocycles. The molecular weight excluding hydrogens is 338 g/mol. The molecule has 4 rings (SSSR count). The number of fused-ring (bicyclic) bond motifs is 1. The lowest BCUT2D eigenvalue weighted by Crippen LogP contribution is -2.36.